The Kier molecular flexibility index (Phi) is 4.07. The molecule has 18 heavy (non-hydrogen) atoms. The molecule has 2 aromatic rings. The number of hydrogen-bond donors (Lipinski definition) is 2. The van der Waals surface area contributed by atoms with Gasteiger partial charge in [0.1, 0.15) is 5.82 Å². The molecule has 0 amide bonds. The number of anilines is 3. The van der Waals surface area contributed by atoms with Crippen LogP contribution in [0.1, 0.15) is 0 Å². The van der Waals surface area contributed by atoms with Crippen LogP contribution in [-0.4, -0.2) is 4.98 Å². The Balaban J connectivity index is 2.43. The van der Waals surface area contributed by atoms with E-state index in [-0.39, 0.29) is 10.8 Å². The summed E-state index contributed by atoms with van der Waals surface area (Å²) in [4.78, 5) is 4.04. The third-order valence-corrected chi connectivity index (χ3v) is 3.38. The van der Waals surface area contributed by atoms with Crippen molar-refractivity contribution in [3.8, 4) is 0 Å². The predicted octanol–water partition coefficient (Wildman–Crippen LogP) is 5.02. The fraction of sp³-hybridized carbons (Fsp3) is 0. The molecular formula is C11H7Cl4N3. The SMILES string of the molecule is Nc1nc(Nc2c(Cl)cccc2Cl)c(Cl)cc1Cl. The number of halogens is 4. The third kappa shape index (κ3) is 2.75. The normalized spacial score (nSPS) is 10.4. The van der Waals surface area contributed by atoms with Crippen molar-refractivity contribution in [2.75, 3.05) is 11.1 Å². The molecule has 94 valence electrons. The van der Waals surface area contributed by atoms with E-state index in [0.717, 1.165) is 0 Å². The van der Waals surface area contributed by atoms with E-state index in [1.807, 2.05) is 0 Å². The number of nitrogens with zero attached hydrogens (tertiary/aromatic N) is 1. The van der Waals surface area contributed by atoms with Gasteiger partial charge in [-0.2, -0.15) is 0 Å². The van der Waals surface area contributed by atoms with Crippen LogP contribution < -0.4 is 11.1 Å². The second kappa shape index (κ2) is 5.41. The molecule has 0 spiro atoms. The molecule has 2 rings (SSSR count). The lowest BCUT2D eigenvalue weighted by atomic mass is 10.3. The summed E-state index contributed by atoms with van der Waals surface area (Å²) in [6.45, 7) is 0. The van der Waals surface area contributed by atoms with Gasteiger partial charge in [0.2, 0.25) is 0 Å². The molecule has 1 aromatic heterocycles. The molecule has 0 fully saturated rings. The van der Waals surface area contributed by atoms with Gasteiger partial charge in [-0.1, -0.05) is 52.5 Å². The van der Waals surface area contributed by atoms with Gasteiger partial charge < -0.3 is 11.1 Å². The van der Waals surface area contributed by atoms with Gasteiger partial charge in [0.05, 0.1) is 25.8 Å². The molecule has 0 saturated heterocycles. The molecule has 0 saturated carbocycles. The Morgan fingerprint density at radius 3 is 2.17 bits per heavy atom. The summed E-state index contributed by atoms with van der Waals surface area (Å²) in [5.41, 5.74) is 6.12. The number of pyridine rings is 1. The van der Waals surface area contributed by atoms with Crippen LogP contribution in [-0.2, 0) is 0 Å². The molecule has 7 heteroatoms. The summed E-state index contributed by atoms with van der Waals surface area (Å²) in [5, 5.41) is 4.45. The highest BCUT2D eigenvalue weighted by molar-refractivity contribution is 6.40. The zero-order chi connectivity index (χ0) is 13.3. The van der Waals surface area contributed by atoms with Gasteiger partial charge >= 0.3 is 0 Å². The Bertz CT molecular complexity index is 581. The summed E-state index contributed by atoms with van der Waals surface area (Å²) in [6.07, 6.45) is 0. The van der Waals surface area contributed by atoms with Crippen LogP contribution in [0.2, 0.25) is 20.1 Å². The first-order chi connectivity index (χ1) is 8.49. The summed E-state index contributed by atoms with van der Waals surface area (Å²) < 4.78 is 0. The number of nitrogens with two attached hydrogens (primary N) is 1. The summed E-state index contributed by atoms with van der Waals surface area (Å²) >= 11 is 23.9. The largest absolute Gasteiger partial charge is 0.382 e. The molecule has 0 aliphatic carbocycles. The number of rotatable bonds is 2. The third-order valence-electron chi connectivity index (χ3n) is 2.16. The van der Waals surface area contributed by atoms with Gasteiger partial charge in [-0.3, -0.25) is 0 Å². The number of aromatic nitrogens is 1. The minimum absolute atomic E-state index is 0.173. The highest BCUT2D eigenvalue weighted by Crippen LogP contribution is 2.35. The minimum atomic E-state index is 0.173. The van der Waals surface area contributed by atoms with Crippen LogP contribution in [0.4, 0.5) is 17.3 Å². The molecule has 3 nitrogen and oxygen atoms in total. The zero-order valence-electron chi connectivity index (χ0n) is 8.85. The van der Waals surface area contributed by atoms with Crippen LogP contribution in [0.15, 0.2) is 24.3 Å². The van der Waals surface area contributed by atoms with E-state index in [9.17, 15) is 0 Å². The quantitative estimate of drug-likeness (QED) is 0.816. The highest BCUT2D eigenvalue weighted by atomic mass is 35.5. The number of hydrogen-bond acceptors (Lipinski definition) is 3. The molecule has 0 aliphatic rings. The van der Waals surface area contributed by atoms with Crippen molar-refractivity contribution in [3.05, 3.63) is 44.4 Å². The first-order valence-corrected chi connectivity index (χ1v) is 6.33. The van der Waals surface area contributed by atoms with Crippen LogP contribution in [0.25, 0.3) is 0 Å². The summed E-state index contributed by atoms with van der Waals surface area (Å²) in [7, 11) is 0. The average Bonchev–Trinajstić information content (AvgIpc) is 2.30. The van der Waals surface area contributed by atoms with Crippen LogP contribution in [0, 0.1) is 0 Å². The fourth-order valence-electron chi connectivity index (χ4n) is 1.30. The van der Waals surface area contributed by atoms with E-state index < -0.39 is 0 Å². The second-order valence-corrected chi connectivity index (χ2v) is 5.04. The Morgan fingerprint density at radius 2 is 1.56 bits per heavy atom. The maximum absolute atomic E-state index is 6.03. The molecular weight excluding hydrogens is 316 g/mol. The van der Waals surface area contributed by atoms with Crippen molar-refractivity contribution >= 4 is 63.7 Å². The van der Waals surface area contributed by atoms with Gasteiger partial charge in [-0.05, 0) is 18.2 Å². The topological polar surface area (TPSA) is 50.9 Å². The molecule has 0 unspecified atom stereocenters. The molecule has 0 bridgehead atoms. The molecule has 1 aromatic carbocycles. The van der Waals surface area contributed by atoms with Crippen molar-refractivity contribution in [2.45, 2.75) is 0 Å². The van der Waals surface area contributed by atoms with Crippen LogP contribution in [0.5, 0.6) is 0 Å². The fourth-order valence-corrected chi connectivity index (χ4v) is 2.20. The van der Waals surface area contributed by atoms with Crippen LogP contribution in [0.3, 0.4) is 0 Å². The monoisotopic (exact) mass is 321 g/mol. The minimum Gasteiger partial charge on any atom is -0.382 e. The smallest absolute Gasteiger partial charge is 0.151 e. The first-order valence-electron chi connectivity index (χ1n) is 4.81. The van der Waals surface area contributed by atoms with Gasteiger partial charge in [0.15, 0.2) is 5.82 Å². The molecule has 0 aliphatic heterocycles. The van der Waals surface area contributed by atoms with Crippen molar-refractivity contribution in [1.82, 2.24) is 4.98 Å². The van der Waals surface area contributed by atoms with Gasteiger partial charge in [-0.25, -0.2) is 4.98 Å². The van der Waals surface area contributed by atoms with Crippen molar-refractivity contribution in [1.29, 1.82) is 0 Å². The van der Waals surface area contributed by atoms with E-state index in [1.165, 1.54) is 6.07 Å². The number of nitrogen functional groups attached to an aromatic ring is 1. The molecule has 3 N–H and O–H groups in total. The van der Waals surface area contributed by atoms with E-state index in [1.54, 1.807) is 18.2 Å². The molecule has 0 atom stereocenters. The number of benzene rings is 1. The predicted molar refractivity (Wildman–Crippen MR) is 78.4 cm³/mol. The molecule has 1 heterocycles. The lowest BCUT2D eigenvalue weighted by Crippen LogP contribution is -2.00. The van der Waals surface area contributed by atoms with Crippen LogP contribution >= 0.6 is 46.4 Å². The molecule has 0 radical (unpaired) electrons. The average molecular weight is 323 g/mol. The number of nitrogens with one attached hydrogen (secondary N) is 1. The summed E-state index contributed by atoms with van der Waals surface area (Å²) in [5.74, 6) is 0.514. The maximum Gasteiger partial charge on any atom is 0.151 e. The van der Waals surface area contributed by atoms with Gasteiger partial charge in [0, 0.05) is 0 Å². The Hall–Kier alpha value is -0.870. The maximum atomic E-state index is 6.03. The standard InChI is InChI=1S/C11H7Cl4N3/c12-5-2-1-3-6(13)9(5)17-11-8(15)4-7(14)10(16)18-11/h1-4H,(H3,16,17,18). The second-order valence-electron chi connectivity index (χ2n) is 3.41. The Morgan fingerprint density at radius 1 is 0.944 bits per heavy atom. The van der Waals surface area contributed by atoms with Gasteiger partial charge in [0.25, 0.3) is 0 Å². The lowest BCUT2D eigenvalue weighted by molar-refractivity contribution is 1.31. The van der Waals surface area contributed by atoms with Crippen molar-refractivity contribution in [2.24, 2.45) is 0 Å². The first kappa shape index (κ1) is 13.6. The Labute approximate surface area is 124 Å². The zero-order valence-corrected chi connectivity index (χ0v) is 11.9. The lowest BCUT2D eigenvalue weighted by Gasteiger charge is -2.11. The highest BCUT2D eigenvalue weighted by Gasteiger charge is 2.11. The van der Waals surface area contributed by atoms with Gasteiger partial charge in [-0.15, -0.1) is 0 Å². The van der Waals surface area contributed by atoms with E-state index in [4.69, 9.17) is 52.1 Å². The van der Waals surface area contributed by atoms with E-state index in [2.05, 4.69) is 10.3 Å². The van der Waals surface area contributed by atoms with E-state index in [0.29, 0.717) is 26.6 Å². The summed E-state index contributed by atoms with van der Waals surface area (Å²) in [6, 6.07) is 6.63. The number of para-hydroxylation sites is 1. The van der Waals surface area contributed by atoms with Crippen molar-refractivity contribution < 1.29 is 0 Å². The van der Waals surface area contributed by atoms with Crippen molar-refractivity contribution in [3.63, 3.8) is 0 Å². The van der Waals surface area contributed by atoms with E-state index >= 15 is 0 Å².